The van der Waals surface area contributed by atoms with Crippen molar-refractivity contribution in [3.05, 3.63) is 29.3 Å². The summed E-state index contributed by atoms with van der Waals surface area (Å²) in [4.78, 5) is 21.6. The van der Waals surface area contributed by atoms with Gasteiger partial charge in [-0.1, -0.05) is 6.07 Å². The van der Waals surface area contributed by atoms with E-state index in [9.17, 15) is 9.59 Å². The second-order valence-electron chi connectivity index (χ2n) is 4.76. The first-order valence-electron chi connectivity index (χ1n) is 6.18. The van der Waals surface area contributed by atoms with Crippen LogP contribution in [0.1, 0.15) is 43.2 Å². The molecule has 1 amide bonds. The number of anilines is 1. The van der Waals surface area contributed by atoms with Gasteiger partial charge in [0.2, 0.25) is 5.91 Å². The summed E-state index contributed by atoms with van der Waals surface area (Å²) in [6, 6.07) is 5.91. The Morgan fingerprint density at radius 2 is 2.22 bits per heavy atom. The van der Waals surface area contributed by atoms with Gasteiger partial charge < -0.3 is 10.4 Å². The maximum atomic E-state index is 11.0. The summed E-state index contributed by atoms with van der Waals surface area (Å²) >= 11 is 0. The minimum Gasteiger partial charge on any atom is -0.481 e. The quantitative estimate of drug-likeness (QED) is 0.859. The van der Waals surface area contributed by atoms with Crippen molar-refractivity contribution < 1.29 is 14.7 Å². The molecule has 0 saturated heterocycles. The lowest BCUT2D eigenvalue weighted by Gasteiger charge is -2.11. The van der Waals surface area contributed by atoms with Crippen LogP contribution >= 0.6 is 0 Å². The highest BCUT2D eigenvalue weighted by atomic mass is 16.4. The number of benzene rings is 1. The van der Waals surface area contributed by atoms with E-state index in [0.29, 0.717) is 12.3 Å². The Bertz CT molecular complexity index is 482. The Kier molecular flexibility index (Phi) is 3.65. The van der Waals surface area contributed by atoms with Gasteiger partial charge in [-0.05, 0) is 48.4 Å². The van der Waals surface area contributed by atoms with E-state index in [1.165, 1.54) is 18.1 Å². The number of carboxylic acids is 1. The van der Waals surface area contributed by atoms with Gasteiger partial charge in [-0.15, -0.1) is 0 Å². The summed E-state index contributed by atoms with van der Waals surface area (Å²) in [5, 5.41) is 11.5. The smallest absolute Gasteiger partial charge is 0.303 e. The van der Waals surface area contributed by atoms with Crippen LogP contribution in [0.25, 0.3) is 0 Å². The molecule has 1 atom stereocenters. The van der Waals surface area contributed by atoms with Crippen LogP contribution in [0.2, 0.25) is 0 Å². The van der Waals surface area contributed by atoms with Crippen molar-refractivity contribution in [2.24, 2.45) is 0 Å². The van der Waals surface area contributed by atoms with Gasteiger partial charge in [-0.25, -0.2) is 0 Å². The average molecular weight is 247 g/mol. The van der Waals surface area contributed by atoms with Gasteiger partial charge in [0.25, 0.3) is 0 Å². The number of carbonyl (C=O) groups is 2. The van der Waals surface area contributed by atoms with E-state index in [1.54, 1.807) is 0 Å². The first kappa shape index (κ1) is 12.6. The lowest BCUT2D eigenvalue weighted by atomic mass is 9.96. The summed E-state index contributed by atoms with van der Waals surface area (Å²) in [6.07, 6.45) is 2.88. The molecule has 0 radical (unpaired) electrons. The van der Waals surface area contributed by atoms with Gasteiger partial charge in [0.1, 0.15) is 0 Å². The van der Waals surface area contributed by atoms with Crippen molar-refractivity contribution in [3.8, 4) is 0 Å². The Balaban J connectivity index is 2.14. The molecule has 0 saturated carbocycles. The summed E-state index contributed by atoms with van der Waals surface area (Å²) < 4.78 is 0. The first-order chi connectivity index (χ1) is 8.56. The van der Waals surface area contributed by atoms with Crippen LogP contribution in [0.15, 0.2) is 18.2 Å². The van der Waals surface area contributed by atoms with Crippen LogP contribution in [-0.4, -0.2) is 17.0 Å². The third-order valence-electron chi connectivity index (χ3n) is 3.37. The number of rotatable bonds is 4. The summed E-state index contributed by atoms with van der Waals surface area (Å²) in [7, 11) is 0. The Hall–Kier alpha value is -1.84. The Morgan fingerprint density at radius 1 is 1.44 bits per heavy atom. The van der Waals surface area contributed by atoms with Crippen LogP contribution in [0, 0.1) is 0 Å². The lowest BCUT2D eigenvalue weighted by molar-refractivity contribution is -0.137. The molecule has 0 heterocycles. The van der Waals surface area contributed by atoms with E-state index in [4.69, 9.17) is 5.11 Å². The fourth-order valence-electron chi connectivity index (χ4n) is 2.57. The zero-order valence-electron chi connectivity index (χ0n) is 10.4. The molecule has 2 rings (SSSR count). The Morgan fingerprint density at radius 3 is 2.89 bits per heavy atom. The molecule has 0 bridgehead atoms. The molecule has 1 unspecified atom stereocenters. The number of amides is 1. The average Bonchev–Trinajstić information content (AvgIpc) is 2.68. The number of aryl methyl sites for hydroxylation is 1. The van der Waals surface area contributed by atoms with Crippen molar-refractivity contribution in [2.75, 3.05) is 5.32 Å². The monoisotopic (exact) mass is 247 g/mol. The second kappa shape index (κ2) is 5.21. The summed E-state index contributed by atoms with van der Waals surface area (Å²) in [5.41, 5.74) is 3.27. The molecule has 1 aromatic carbocycles. The maximum absolute atomic E-state index is 11.0. The fraction of sp³-hybridized carbons (Fsp3) is 0.429. The van der Waals surface area contributed by atoms with Gasteiger partial charge in [0.15, 0.2) is 0 Å². The molecule has 0 fully saturated rings. The topological polar surface area (TPSA) is 66.4 Å². The summed E-state index contributed by atoms with van der Waals surface area (Å²) in [6.45, 7) is 1.48. The molecule has 4 heteroatoms. The zero-order chi connectivity index (χ0) is 13.1. The molecule has 0 spiro atoms. The van der Waals surface area contributed by atoms with Crippen LogP contribution in [0.5, 0.6) is 0 Å². The van der Waals surface area contributed by atoms with Crippen LogP contribution in [0.3, 0.4) is 0 Å². The normalized spacial score (nSPS) is 17.3. The highest BCUT2D eigenvalue weighted by Gasteiger charge is 2.23. The number of hydrogen-bond donors (Lipinski definition) is 2. The van der Waals surface area contributed by atoms with Gasteiger partial charge in [0.05, 0.1) is 0 Å². The number of nitrogens with one attached hydrogen (secondary N) is 1. The van der Waals surface area contributed by atoms with Crippen molar-refractivity contribution in [2.45, 2.75) is 38.5 Å². The molecule has 0 aliphatic heterocycles. The maximum Gasteiger partial charge on any atom is 0.303 e. The van der Waals surface area contributed by atoms with E-state index in [2.05, 4.69) is 5.32 Å². The molecule has 96 valence electrons. The van der Waals surface area contributed by atoms with Gasteiger partial charge in [-0.2, -0.15) is 0 Å². The van der Waals surface area contributed by atoms with Crippen molar-refractivity contribution >= 4 is 17.6 Å². The minimum atomic E-state index is -0.749. The lowest BCUT2D eigenvalue weighted by Crippen LogP contribution is -2.06. The van der Waals surface area contributed by atoms with E-state index >= 15 is 0 Å². The summed E-state index contributed by atoms with van der Waals surface area (Å²) in [5.74, 6) is -0.527. The standard InChI is InChI=1S/C14H17NO3/c1-9(16)15-12-6-4-10-2-3-11(13(10)8-12)5-7-14(17)18/h4,6,8,11H,2-3,5,7H2,1H3,(H,15,16)(H,17,18). The van der Waals surface area contributed by atoms with E-state index in [-0.39, 0.29) is 12.3 Å². The molecule has 18 heavy (non-hydrogen) atoms. The molecule has 1 aliphatic rings. The van der Waals surface area contributed by atoms with Crippen LogP contribution < -0.4 is 5.32 Å². The number of hydrogen-bond acceptors (Lipinski definition) is 2. The predicted octanol–water partition coefficient (Wildman–Crippen LogP) is 2.54. The molecule has 2 N–H and O–H groups in total. The number of carbonyl (C=O) groups excluding carboxylic acids is 1. The number of aliphatic carboxylic acids is 1. The van der Waals surface area contributed by atoms with Crippen LogP contribution in [0.4, 0.5) is 5.69 Å². The molecule has 4 nitrogen and oxygen atoms in total. The van der Waals surface area contributed by atoms with Crippen molar-refractivity contribution in [1.82, 2.24) is 0 Å². The first-order valence-corrected chi connectivity index (χ1v) is 6.18. The molecular formula is C14H17NO3. The highest BCUT2D eigenvalue weighted by Crippen LogP contribution is 2.37. The molecule has 1 aromatic rings. The minimum absolute atomic E-state index is 0.0879. The van der Waals surface area contributed by atoms with E-state index in [0.717, 1.165) is 18.5 Å². The zero-order valence-corrected chi connectivity index (χ0v) is 10.4. The highest BCUT2D eigenvalue weighted by molar-refractivity contribution is 5.88. The molecule has 0 aromatic heterocycles. The van der Waals surface area contributed by atoms with E-state index in [1.807, 2.05) is 18.2 Å². The van der Waals surface area contributed by atoms with Crippen LogP contribution in [-0.2, 0) is 16.0 Å². The van der Waals surface area contributed by atoms with Crippen molar-refractivity contribution in [1.29, 1.82) is 0 Å². The van der Waals surface area contributed by atoms with E-state index < -0.39 is 5.97 Å². The molecule has 1 aliphatic carbocycles. The number of fused-ring (bicyclic) bond motifs is 1. The van der Waals surface area contributed by atoms with Crippen molar-refractivity contribution in [3.63, 3.8) is 0 Å². The molecular weight excluding hydrogens is 230 g/mol. The van der Waals surface area contributed by atoms with Gasteiger partial charge in [0, 0.05) is 19.0 Å². The third kappa shape index (κ3) is 2.88. The SMILES string of the molecule is CC(=O)Nc1ccc2c(c1)C(CCC(=O)O)CC2. The fourth-order valence-corrected chi connectivity index (χ4v) is 2.57. The van der Waals surface area contributed by atoms with Gasteiger partial charge >= 0.3 is 5.97 Å². The predicted molar refractivity (Wildman–Crippen MR) is 68.7 cm³/mol. The second-order valence-corrected chi connectivity index (χ2v) is 4.76. The number of carboxylic acid groups (broad SMARTS) is 1. The third-order valence-corrected chi connectivity index (χ3v) is 3.37. The Labute approximate surface area is 106 Å². The van der Waals surface area contributed by atoms with Gasteiger partial charge in [-0.3, -0.25) is 9.59 Å². The largest absolute Gasteiger partial charge is 0.481 e.